The lowest BCUT2D eigenvalue weighted by Gasteiger charge is -2.12. The van der Waals surface area contributed by atoms with Crippen LogP contribution >= 0.6 is 15.9 Å². The Balaban J connectivity index is 3.27. The molecule has 1 unspecified atom stereocenters. The first kappa shape index (κ1) is 12.0. The van der Waals surface area contributed by atoms with Crippen LogP contribution in [0.2, 0.25) is 0 Å². The quantitative estimate of drug-likeness (QED) is 0.883. The maximum absolute atomic E-state index is 10.7. The second-order valence-corrected chi connectivity index (χ2v) is 3.92. The monoisotopic (exact) mass is 274 g/mol. The molecule has 0 saturated heterocycles. The normalized spacial score (nSPS) is 12.3. The molecule has 1 rings (SSSR count). The summed E-state index contributed by atoms with van der Waals surface area (Å²) in [6.07, 6.45) is -1.53. The van der Waals surface area contributed by atoms with E-state index in [9.17, 15) is 9.90 Å². The molecule has 0 aliphatic heterocycles. The Morgan fingerprint density at radius 2 is 2.13 bits per heavy atom. The van der Waals surface area contributed by atoms with Crippen molar-refractivity contribution in [2.24, 2.45) is 0 Å². The summed E-state index contributed by atoms with van der Waals surface area (Å²) in [7, 11) is 1.48. The van der Waals surface area contributed by atoms with Gasteiger partial charge in [0.2, 0.25) is 0 Å². The van der Waals surface area contributed by atoms with E-state index >= 15 is 0 Å². The summed E-state index contributed by atoms with van der Waals surface area (Å²) in [5.74, 6) is -0.777. The lowest BCUT2D eigenvalue weighted by molar-refractivity contribution is -0.147. The minimum absolute atomic E-state index is 0.328. The van der Waals surface area contributed by atoms with Crippen LogP contribution < -0.4 is 4.74 Å². The van der Waals surface area contributed by atoms with Crippen molar-refractivity contribution >= 4 is 21.9 Å². The lowest BCUT2D eigenvalue weighted by atomic mass is 10.0. The van der Waals surface area contributed by atoms with Gasteiger partial charge in [0.15, 0.2) is 6.10 Å². The molecule has 0 spiro atoms. The van der Waals surface area contributed by atoms with Crippen LogP contribution in [0.15, 0.2) is 16.6 Å². The Morgan fingerprint density at radius 3 is 2.60 bits per heavy atom. The molecule has 2 N–H and O–H groups in total. The van der Waals surface area contributed by atoms with E-state index < -0.39 is 12.1 Å². The van der Waals surface area contributed by atoms with E-state index in [-0.39, 0.29) is 0 Å². The summed E-state index contributed by atoms with van der Waals surface area (Å²) in [4.78, 5) is 10.7. The molecule has 5 heteroatoms. The lowest BCUT2D eigenvalue weighted by Crippen LogP contribution is -2.12. The zero-order chi connectivity index (χ0) is 11.6. The molecule has 0 aliphatic rings. The Morgan fingerprint density at radius 1 is 1.53 bits per heavy atom. The first-order valence-corrected chi connectivity index (χ1v) is 5.01. The number of carbonyl (C=O) groups is 1. The summed E-state index contributed by atoms with van der Waals surface area (Å²) in [5.41, 5.74) is 1.01. The number of aliphatic hydroxyl groups is 1. The van der Waals surface area contributed by atoms with Crippen molar-refractivity contribution in [1.82, 2.24) is 0 Å². The topological polar surface area (TPSA) is 66.8 Å². The molecule has 0 amide bonds. The van der Waals surface area contributed by atoms with E-state index in [2.05, 4.69) is 15.9 Å². The number of halogens is 1. The van der Waals surface area contributed by atoms with Crippen molar-refractivity contribution < 1.29 is 19.7 Å². The number of benzene rings is 1. The van der Waals surface area contributed by atoms with Crippen molar-refractivity contribution in [1.29, 1.82) is 0 Å². The number of carboxylic acid groups (broad SMARTS) is 1. The summed E-state index contributed by atoms with van der Waals surface area (Å²) in [6, 6.07) is 3.23. The van der Waals surface area contributed by atoms with Crippen LogP contribution in [0, 0.1) is 6.92 Å². The molecule has 1 aromatic carbocycles. The zero-order valence-corrected chi connectivity index (χ0v) is 9.91. The number of aliphatic carboxylic acids is 1. The molecule has 15 heavy (non-hydrogen) atoms. The molecule has 0 aromatic heterocycles. The van der Waals surface area contributed by atoms with Crippen LogP contribution in [0.3, 0.4) is 0 Å². The highest BCUT2D eigenvalue weighted by Crippen LogP contribution is 2.30. The van der Waals surface area contributed by atoms with E-state index in [1.807, 2.05) is 0 Å². The first-order chi connectivity index (χ1) is 6.97. The van der Waals surface area contributed by atoms with Gasteiger partial charge in [-0.3, -0.25) is 0 Å². The van der Waals surface area contributed by atoms with E-state index in [1.165, 1.54) is 13.2 Å². The van der Waals surface area contributed by atoms with Crippen molar-refractivity contribution in [3.05, 3.63) is 27.7 Å². The Kier molecular flexibility index (Phi) is 3.71. The molecule has 4 nitrogen and oxygen atoms in total. The first-order valence-electron chi connectivity index (χ1n) is 4.22. The van der Waals surface area contributed by atoms with Gasteiger partial charge in [-0.2, -0.15) is 0 Å². The fraction of sp³-hybridized carbons (Fsp3) is 0.300. The number of hydrogen-bond acceptors (Lipinski definition) is 3. The second kappa shape index (κ2) is 4.63. The molecule has 0 heterocycles. The van der Waals surface area contributed by atoms with Crippen molar-refractivity contribution in [3.8, 4) is 5.75 Å². The van der Waals surface area contributed by atoms with E-state index in [0.717, 1.165) is 0 Å². The Labute approximate surface area is 95.6 Å². The highest BCUT2D eigenvalue weighted by atomic mass is 79.9. The van der Waals surface area contributed by atoms with Crippen LogP contribution in [-0.2, 0) is 4.79 Å². The van der Waals surface area contributed by atoms with Crippen LogP contribution in [0.1, 0.15) is 17.2 Å². The molecular formula is C10H11BrO4. The number of rotatable bonds is 3. The van der Waals surface area contributed by atoms with Crippen LogP contribution in [0.5, 0.6) is 5.75 Å². The van der Waals surface area contributed by atoms with Gasteiger partial charge in [0.25, 0.3) is 0 Å². The average Bonchev–Trinajstić information content (AvgIpc) is 2.20. The molecule has 0 saturated carbocycles. The molecule has 1 atom stereocenters. The van der Waals surface area contributed by atoms with Gasteiger partial charge in [-0.1, -0.05) is 15.9 Å². The molecule has 0 bridgehead atoms. The minimum atomic E-state index is -1.53. The van der Waals surface area contributed by atoms with Crippen molar-refractivity contribution in [2.45, 2.75) is 13.0 Å². The highest BCUT2D eigenvalue weighted by Gasteiger charge is 2.20. The largest absolute Gasteiger partial charge is 0.497 e. The number of ether oxygens (including phenoxy) is 1. The van der Waals surface area contributed by atoms with Gasteiger partial charge < -0.3 is 14.9 Å². The van der Waals surface area contributed by atoms with E-state index in [1.54, 1.807) is 13.0 Å². The third-order valence-corrected chi connectivity index (χ3v) is 2.95. The molecule has 1 aromatic rings. The average molecular weight is 275 g/mol. The summed E-state index contributed by atoms with van der Waals surface area (Å²) in [5, 5.41) is 18.2. The molecule has 0 radical (unpaired) electrons. The SMILES string of the molecule is COc1cc(Br)c(C)c(C(O)C(=O)O)c1. The minimum Gasteiger partial charge on any atom is -0.497 e. The fourth-order valence-corrected chi connectivity index (χ4v) is 1.66. The summed E-state index contributed by atoms with van der Waals surface area (Å²) in [6.45, 7) is 1.73. The van der Waals surface area contributed by atoms with Crippen molar-refractivity contribution in [3.63, 3.8) is 0 Å². The fourth-order valence-electron chi connectivity index (χ4n) is 1.21. The number of hydrogen-bond donors (Lipinski definition) is 2. The zero-order valence-electron chi connectivity index (χ0n) is 8.32. The second-order valence-electron chi connectivity index (χ2n) is 3.06. The van der Waals surface area contributed by atoms with Crippen LogP contribution in [0.25, 0.3) is 0 Å². The van der Waals surface area contributed by atoms with Gasteiger partial charge in [0.05, 0.1) is 7.11 Å². The number of carboxylic acids is 1. The molecule has 82 valence electrons. The Bertz CT molecular complexity index is 389. The maximum Gasteiger partial charge on any atom is 0.337 e. The predicted octanol–water partition coefficient (Wildman–Crippen LogP) is 1.88. The highest BCUT2D eigenvalue weighted by molar-refractivity contribution is 9.10. The van der Waals surface area contributed by atoms with Gasteiger partial charge in [-0.05, 0) is 30.2 Å². The van der Waals surface area contributed by atoms with Crippen LogP contribution in [-0.4, -0.2) is 23.3 Å². The predicted molar refractivity (Wildman–Crippen MR) is 58.0 cm³/mol. The smallest absolute Gasteiger partial charge is 0.337 e. The van der Waals surface area contributed by atoms with Gasteiger partial charge in [0, 0.05) is 4.47 Å². The molecule has 0 aliphatic carbocycles. The maximum atomic E-state index is 10.7. The van der Waals surface area contributed by atoms with Crippen molar-refractivity contribution in [2.75, 3.05) is 7.11 Å². The summed E-state index contributed by atoms with van der Waals surface area (Å²) < 4.78 is 5.69. The van der Waals surface area contributed by atoms with E-state index in [0.29, 0.717) is 21.3 Å². The third kappa shape index (κ3) is 2.49. The van der Waals surface area contributed by atoms with Gasteiger partial charge in [0.1, 0.15) is 5.75 Å². The standard InChI is InChI=1S/C10H11BrO4/c1-5-7(9(12)10(13)14)3-6(15-2)4-8(5)11/h3-4,9,12H,1-2H3,(H,13,14). The molecular weight excluding hydrogens is 264 g/mol. The molecule has 0 fully saturated rings. The van der Waals surface area contributed by atoms with Gasteiger partial charge in [-0.25, -0.2) is 4.79 Å². The number of methoxy groups -OCH3 is 1. The summed E-state index contributed by atoms with van der Waals surface area (Å²) >= 11 is 3.27. The van der Waals surface area contributed by atoms with E-state index in [4.69, 9.17) is 9.84 Å². The number of aliphatic hydroxyl groups excluding tert-OH is 1. The van der Waals surface area contributed by atoms with Gasteiger partial charge >= 0.3 is 5.97 Å². The van der Waals surface area contributed by atoms with Gasteiger partial charge in [-0.15, -0.1) is 0 Å². The Hall–Kier alpha value is -1.07. The van der Waals surface area contributed by atoms with Crippen LogP contribution in [0.4, 0.5) is 0 Å². The third-order valence-electron chi connectivity index (χ3n) is 2.12.